The van der Waals surface area contributed by atoms with E-state index in [4.69, 9.17) is 5.26 Å². The van der Waals surface area contributed by atoms with Gasteiger partial charge >= 0.3 is 0 Å². The highest BCUT2D eigenvalue weighted by Gasteiger charge is 2.33. The number of nitriles is 1. The average molecular weight is 276 g/mol. The lowest BCUT2D eigenvalue weighted by atomic mass is 9.87. The van der Waals surface area contributed by atoms with Gasteiger partial charge in [-0.05, 0) is 12.8 Å². The molecule has 106 valence electrons. The van der Waals surface area contributed by atoms with Crippen molar-refractivity contribution in [2.75, 3.05) is 18.5 Å². The first-order valence-corrected chi connectivity index (χ1v) is 6.49. The predicted octanol–water partition coefficient (Wildman–Crippen LogP) is 1.83. The van der Waals surface area contributed by atoms with Crippen molar-refractivity contribution in [1.29, 1.82) is 5.26 Å². The fourth-order valence-electron chi connectivity index (χ4n) is 2.57. The van der Waals surface area contributed by atoms with E-state index in [9.17, 15) is 15.2 Å². The molecular weight excluding hydrogens is 260 g/mol. The van der Waals surface area contributed by atoms with Gasteiger partial charge in [0.25, 0.3) is 5.69 Å². The third kappa shape index (κ3) is 2.86. The summed E-state index contributed by atoms with van der Waals surface area (Å²) in [6.45, 7) is 0.609. The number of hydrogen-bond donors (Lipinski definition) is 2. The highest BCUT2D eigenvalue weighted by atomic mass is 16.6. The number of pyridine rings is 1. The van der Waals surface area contributed by atoms with Crippen LogP contribution < -0.4 is 5.32 Å². The van der Waals surface area contributed by atoms with Crippen LogP contribution in [0.25, 0.3) is 0 Å². The zero-order valence-electron chi connectivity index (χ0n) is 11.0. The van der Waals surface area contributed by atoms with E-state index < -0.39 is 4.92 Å². The Labute approximate surface area is 116 Å². The minimum Gasteiger partial charge on any atom is -0.396 e. The number of aliphatic hydroxyl groups is 1. The van der Waals surface area contributed by atoms with Crippen LogP contribution in [0, 0.1) is 26.9 Å². The highest BCUT2D eigenvalue weighted by Crippen LogP contribution is 2.37. The molecule has 1 aromatic rings. The summed E-state index contributed by atoms with van der Waals surface area (Å²) in [5.74, 6) is 0.331. The summed E-state index contributed by atoms with van der Waals surface area (Å²) in [4.78, 5) is 14.0. The van der Waals surface area contributed by atoms with E-state index >= 15 is 0 Å². The molecule has 2 N–H and O–H groups in total. The third-order valence-electron chi connectivity index (χ3n) is 3.83. The second-order valence-corrected chi connectivity index (χ2v) is 5.18. The van der Waals surface area contributed by atoms with Gasteiger partial charge in [-0.2, -0.15) is 5.26 Å². The van der Waals surface area contributed by atoms with Gasteiger partial charge in [-0.3, -0.25) is 10.1 Å². The van der Waals surface area contributed by atoms with Crippen molar-refractivity contribution in [2.45, 2.75) is 25.7 Å². The van der Waals surface area contributed by atoms with E-state index in [1.165, 1.54) is 6.07 Å². The molecule has 0 radical (unpaired) electrons. The summed E-state index contributed by atoms with van der Waals surface area (Å²) in [6.07, 6.45) is 5.17. The predicted molar refractivity (Wildman–Crippen MR) is 72.1 cm³/mol. The molecule has 0 amide bonds. The second kappa shape index (κ2) is 5.84. The van der Waals surface area contributed by atoms with E-state index in [0.717, 1.165) is 31.9 Å². The zero-order valence-corrected chi connectivity index (χ0v) is 11.0. The van der Waals surface area contributed by atoms with Crippen molar-refractivity contribution in [3.8, 4) is 6.07 Å². The SMILES string of the molecule is N#Cc1cc([N+](=O)[O-])cnc1NCC1(CO)CCCC1. The quantitative estimate of drug-likeness (QED) is 0.626. The van der Waals surface area contributed by atoms with Gasteiger partial charge < -0.3 is 10.4 Å². The summed E-state index contributed by atoms with van der Waals surface area (Å²) in [6, 6.07) is 3.11. The van der Waals surface area contributed by atoms with E-state index in [0.29, 0.717) is 12.4 Å². The fourth-order valence-corrected chi connectivity index (χ4v) is 2.57. The van der Waals surface area contributed by atoms with Crippen LogP contribution in [0.4, 0.5) is 11.5 Å². The van der Waals surface area contributed by atoms with Crippen LogP contribution in [-0.2, 0) is 0 Å². The number of rotatable bonds is 5. The van der Waals surface area contributed by atoms with Crippen LogP contribution in [0.1, 0.15) is 31.2 Å². The van der Waals surface area contributed by atoms with Gasteiger partial charge in [0.2, 0.25) is 0 Å². The number of anilines is 1. The topological polar surface area (TPSA) is 112 Å². The largest absolute Gasteiger partial charge is 0.396 e. The number of nitro groups is 1. The van der Waals surface area contributed by atoms with Gasteiger partial charge in [0.1, 0.15) is 23.6 Å². The Hall–Kier alpha value is -2.20. The van der Waals surface area contributed by atoms with Crippen molar-refractivity contribution >= 4 is 11.5 Å². The van der Waals surface area contributed by atoms with E-state index in [2.05, 4.69) is 10.3 Å². The molecule has 0 saturated heterocycles. The molecule has 1 aliphatic carbocycles. The molecular formula is C13H16N4O3. The standard InChI is InChI=1S/C13H16N4O3/c14-6-10-5-11(17(19)20)7-15-12(10)16-8-13(9-18)3-1-2-4-13/h5,7,18H,1-4,8-9H2,(H,15,16). The Morgan fingerprint density at radius 2 is 2.25 bits per heavy atom. The minimum absolute atomic E-state index is 0.0921. The lowest BCUT2D eigenvalue weighted by molar-refractivity contribution is -0.385. The van der Waals surface area contributed by atoms with E-state index in [1.54, 1.807) is 0 Å². The molecule has 1 fully saturated rings. The summed E-state index contributed by atoms with van der Waals surface area (Å²) >= 11 is 0. The van der Waals surface area contributed by atoms with Crippen LogP contribution in [0.3, 0.4) is 0 Å². The first kappa shape index (κ1) is 14.2. The molecule has 0 spiro atoms. The van der Waals surface area contributed by atoms with Crippen LogP contribution in [0.2, 0.25) is 0 Å². The monoisotopic (exact) mass is 276 g/mol. The molecule has 0 atom stereocenters. The van der Waals surface area contributed by atoms with Crippen molar-refractivity contribution in [1.82, 2.24) is 4.98 Å². The minimum atomic E-state index is -0.580. The Bertz CT molecular complexity index is 547. The molecule has 0 aromatic carbocycles. The first-order valence-electron chi connectivity index (χ1n) is 6.49. The number of nitrogens with zero attached hydrogens (tertiary/aromatic N) is 3. The molecule has 0 unspecified atom stereocenters. The molecule has 0 aliphatic heterocycles. The van der Waals surface area contributed by atoms with Crippen LogP contribution in [0.5, 0.6) is 0 Å². The molecule has 1 heterocycles. The summed E-state index contributed by atoms with van der Waals surface area (Å²) in [5, 5.41) is 32.3. The average Bonchev–Trinajstić information content (AvgIpc) is 2.94. The Kier molecular flexibility index (Phi) is 4.15. The Balaban J connectivity index is 2.13. The number of nitrogens with one attached hydrogen (secondary N) is 1. The lowest BCUT2D eigenvalue weighted by Crippen LogP contribution is -2.31. The molecule has 7 heteroatoms. The molecule has 1 saturated carbocycles. The molecule has 1 aromatic heterocycles. The lowest BCUT2D eigenvalue weighted by Gasteiger charge is -2.26. The summed E-state index contributed by atoms with van der Waals surface area (Å²) in [5.41, 5.74) is -0.231. The zero-order chi connectivity index (χ0) is 14.6. The maximum Gasteiger partial charge on any atom is 0.289 e. The third-order valence-corrected chi connectivity index (χ3v) is 3.83. The van der Waals surface area contributed by atoms with Gasteiger partial charge in [0.15, 0.2) is 0 Å². The Morgan fingerprint density at radius 3 is 2.80 bits per heavy atom. The van der Waals surface area contributed by atoms with Crippen molar-refractivity contribution in [2.24, 2.45) is 5.41 Å². The maximum absolute atomic E-state index is 10.6. The van der Waals surface area contributed by atoms with Crippen LogP contribution >= 0.6 is 0 Å². The highest BCUT2D eigenvalue weighted by molar-refractivity contribution is 5.55. The number of aromatic nitrogens is 1. The molecule has 7 nitrogen and oxygen atoms in total. The normalized spacial score (nSPS) is 16.6. The number of aliphatic hydroxyl groups excluding tert-OH is 1. The summed E-state index contributed by atoms with van der Waals surface area (Å²) < 4.78 is 0. The first-order chi connectivity index (χ1) is 9.60. The van der Waals surface area contributed by atoms with Crippen LogP contribution in [0.15, 0.2) is 12.3 Å². The molecule has 0 bridgehead atoms. The van der Waals surface area contributed by atoms with Gasteiger partial charge in [0.05, 0.1) is 11.5 Å². The Morgan fingerprint density at radius 1 is 1.55 bits per heavy atom. The fraction of sp³-hybridized carbons (Fsp3) is 0.538. The van der Waals surface area contributed by atoms with Crippen molar-refractivity contribution in [3.63, 3.8) is 0 Å². The second-order valence-electron chi connectivity index (χ2n) is 5.18. The summed E-state index contributed by atoms with van der Waals surface area (Å²) in [7, 11) is 0. The number of hydrogen-bond acceptors (Lipinski definition) is 6. The van der Waals surface area contributed by atoms with Gasteiger partial charge in [-0.15, -0.1) is 0 Å². The molecule has 20 heavy (non-hydrogen) atoms. The van der Waals surface area contributed by atoms with Crippen molar-refractivity contribution < 1.29 is 10.0 Å². The van der Waals surface area contributed by atoms with Gasteiger partial charge in [-0.25, -0.2) is 4.98 Å². The molecule has 1 aliphatic rings. The maximum atomic E-state index is 10.6. The van der Waals surface area contributed by atoms with E-state index in [-0.39, 0.29) is 23.3 Å². The van der Waals surface area contributed by atoms with E-state index in [1.807, 2.05) is 6.07 Å². The molecule has 2 rings (SSSR count). The van der Waals surface area contributed by atoms with Gasteiger partial charge in [0, 0.05) is 18.0 Å². The van der Waals surface area contributed by atoms with Crippen LogP contribution in [-0.4, -0.2) is 28.2 Å². The van der Waals surface area contributed by atoms with Crippen molar-refractivity contribution in [3.05, 3.63) is 27.9 Å². The van der Waals surface area contributed by atoms with Gasteiger partial charge in [-0.1, -0.05) is 12.8 Å². The smallest absolute Gasteiger partial charge is 0.289 e.